The Morgan fingerprint density at radius 1 is 0.750 bits per heavy atom. The topological polar surface area (TPSA) is 62.0 Å². The van der Waals surface area contributed by atoms with Crippen LogP contribution in [0.5, 0.6) is 0 Å². The molecule has 0 aliphatic heterocycles. The van der Waals surface area contributed by atoms with Crippen LogP contribution in [0.25, 0.3) is 22.4 Å². The monoisotopic (exact) mass is 434 g/mol. The number of para-hydroxylation sites is 1. The second-order valence-electron chi connectivity index (χ2n) is 7.00. The van der Waals surface area contributed by atoms with Gasteiger partial charge in [0.25, 0.3) is 5.91 Å². The number of rotatable bonds is 4. The summed E-state index contributed by atoms with van der Waals surface area (Å²) in [6, 6.07) is 24.5. The van der Waals surface area contributed by atoms with Crippen LogP contribution in [0.4, 0.5) is 18.9 Å². The van der Waals surface area contributed by atoms with Crippen molar-refractivity contribution in [2.75, 3.05) is 5.32 Å². The van der Waals surface area contributed by atoms with Gasteiger partial charge < -0.3 is 10.3 Å². The first kappa shape index (κ1) is 21.1. The van der Waals surface area contributed by atoms with E-state index in [0.717, 1.165) is 0 Å². The summed E-state index contributed by atoms with van der Waals surface area (Å²) < 4.78 is 42.0. The lowest BCUT2D eigenvalue weighted by Crippen LogP contribution is -2.30. The summed E-state index contributed by atoms with van der Waals surface area (Å²) in [5.41, 5.74) is -2.34. The highest BCUT2D eigenvalue weighted by Crippen LogP contribution is 2.35. The lowest BCUT2D eigenvalue weighted by molar-refractivity contribution is -0.141. The second kappa shape index (κ2) is 8.55. The number of pyridine rings is 1. The van der Waals surface area contributed by atoms with E-state index in [4.69, 9.17) is 0 Å². The standard InChI is InChI=1S/C25H17F3N2O2/c26-25(27,28)23-20(24(32)29-18-14-8-3-9-15-18)22(31)19(16-10-4-1-5-11-16)21(30-23)17-12-6-2-7-13-17/h1-15H,(H,29,32)(H,30,31). The summed E-state index contributed by atoms with van der Waals surface area (Å²) in [6.45, 7) is 0. The molecule has 4 rings (SSSR count). The first-order valence-corrected chi connectivity index (χ1v) is 9.71. The molecular weight excluding hydrogens is 417 g/mol. The third-order valence-electron chi connectivity index (χ3n) is 4.87. The van der Waals surface area contributed by atoms with E-state index in [0.29, 0.717) is 11.1 Å². The molecule has 0 aliphatic carbocycles. The predicted molar refractivity (Wildman–Crippen MR) is 117 cm³/mol. The lowest BCUT2D eigenvalue weighted by atomic mass is 9.95. The molecule has 1 aromatic heterocycles. The van der Waals surface area contributed by atoms with Crippen LogP contribution >= 0.6 is 0 Å². The van der Waals surface area contributed by atoms with Crippen molar-refractivity contribution in [2.45, 2.75) is 6.18 Å². The number of nitrogens with one attached hydrogen (secondary N) is 2. The number of halogens is 3. The molecule has 1 amide bonds. The number of alkyl halides is 3. The number of amides is 1. The van der Waals surface area contributed by atoms with Crippen LogP contribution in [0.3, 0.4) is 0 Å². The Labute approximate surface area is 181 Å². The number of hydrogen-bond donors (Lipinski definition) is 2. The highest BCUT2D eigenvalue weighted by molar-refractivity contribution is 6.06. The van der Waals surface area contributed by atoms with Crippen LogP contribution in [-0.2, 0) is 6.18 Å². The predicted octanol–water partition coefficient (Wildman–Crippen LogP) is 5.98. The summed E-state index contributed by atoms with van der Waals surface area (Å²) in [5, 5.41) is 2.39. The van der Waals surface area contributed by atoms with E-state index in [1.165, 1.54) is 12.1 Å². The summed E-state index contributed by atoms with van der Waals surface area (Å²) in [4.78, 5) is 28.7. The minimum atomic E-state index is -4.96. The normalized spacial score (nSPS) is 11.2. The first-order valence-electron chi connectivity index (χ1n) is 9.71. The van der Waals surface area contributed by atoms with Gasteiger partial charge in [-0.25, -0.2) is 0 Å². The SMILES string of the molecule is O=C(Nc1ccccc1)c1c(C(F)(F)F)[nH]c(-c2ccccc2)c(-c2ccccc2)c1=O. The van der Waals surface area contributed by atoms with Crippen molar-refractivity contribution >= 4 is 11.6 Å². The van der Waals surface area contributed by atoms with Crippen molar-refractivity contribution in [3.05, 3.63) is 112 Å². The van der Waals surface area contributed by atoms with Crippen molar-refractivity contribution in [3.63, 3.8) is 0 Å². The van der Waals surface area contributed by atoms with Crippen molar-refractivity contribution in [1.82, 2.24) is 4.98 Å². The number of H-pyrrole nitrogens is 1. The molecule has 0 aliphatic rings. The molecule has 0 saturated carbocycles. The fourth-order valence-corrected chi connectivity index (χ4v) is 3.45. The Bertz CT molecular complexity index is 1300. The molecule has 0 bridgehead atoms. The van der Waals surface area contributed by atoms with Gasteiger partial charge in [-0.3, -0.25) is 9.59 Å². The van der Waals surface area contributed by atoms with Crippen LogP contribution in [0.15, 0.2) is 95.8 Å². The van der Waals surface area contributed by atoms with Crippen LogP contribution in [-0.4, -0.2) is 10.9 Å². The van der Waals surface area contributed by atoms with E-state index in [1.807, 2.05) is 0 Å². The van der Waals surface area contributed by atoms with Gasteiger partial charge in [0.2, 0.25) is 5.43 Å². The fraction of sp³-hybridized carbons (Fsp3) is 0.0400. The van der Waals surface area contributed by atoms with Gasteiger partial charge in [-0.15, -0.1) is 0 Å². The summed E-state index contributed by atoms with van der Waals surface area (Å²) in [5.74, 6) is -1.14. The lowest BCUT2D eigenvalue weighted by Gasteiger charge is -2.18. The molecule has 4 nitrogen and oxygen atoms in total. The van der Waals surface area contributed by atoms with Crippen molar-refractivity contribution in [2.24, 2.45) is 0 Å². The Morgan fingerprint density at radius 2 is 1.25 bits per heavy atom. The van der Waals surface area contributed by atoms with Crippen molar-refractivity contribution in [3.8, 4) is 22.4 Å². The molecule has 0 saturated heterocycles. The zero-order valence-corrected chi connectivity index (χ0v) is 16.6. The van der Waals surface area contributed by atoms with E-state index in [9.17, 15) is 22.8 Å². The van der Waals surface area contributed by atoms with Gasteiger partial charge in [0.15, 0.2) is 0 Å². The number of benzene rings is 3. The highest BCUT2D eigenvalue weighted by atomic mass is 19.4. The molecule has 2 N–H and O–H groups in total. The van der Waals surface area contributed by atoms with Crippen LogP contribution < -0.4 is 10.7 Å². The van der Waals surface area contributed by atoms with Crippen LogP contribution in [0.2, 0.25) is 0 Å². The number of carbonyl (C=O) groups is 1. The Kier molecular flexibility index (Phi) is 5.64. The van der Waals surface area contributed by atoms with E-state index < -0.39 is 28.8 Å². The fourth-order valence-electron chi connectivity index (χ4n) is 3.45. The van der Waals surface area contributed by atoms with E-state index in [1.54, 1.807) is 78.9 Å². The number of hydrogen-bond acceptors (Lipinski definition) is 2. The Morgan fingerprint density at radius 3 is 1.78 bits per heavy atom. The third kappa shape index (κ3) is 4.18. The third-order valence-corrected chi connectivity index (χ3v) is 4.87. The van der Waals surface area contributed by atoms with Gasteiger partial charge in [-0.05, 0) is 23.3 Å². The first-order chi connectivity index (χ1) is 15.4. The highest BCUT2D eigenvalue weighted by Gasteiger charge is 2.39. The average Bonchev–Trinajstić information content (AvgIpc) is 2.79. The van der Waals surface area contributed by atoms with E-state index >= 15 is 0 Å². The molecule has 1 heterocycles. The molecular formula is C25H17F3N2O2. The van der Waals surface area contributed by atoms with Gasteiger partial charge in [-0.2, -0.15) is 13.2 Å². The maximum Gasteiger partial charge on any atom is 0.432 e. The summed E-state index contributed by atoms with van der Waals surface area (Å²) in [6.07, 6.45) is -4.96. The Hall–Kier alpha value is -4.13. The van der Waals surface area contributed by atoms with Crippen LogP contribution in [0.1, 0.15) is 16.1 Å². The molecule has 4 aromatic rings. The van der Waals surface area contributed by atoms with E-state index in [-0.39, 0.29) is 16.9 Å². The maximum absolute atomic E-state index is 14.0. The second-order valence-corrected chi connectivity index (χ2v) is 7.00. The number of carbonyl (C=O) groups excluding carboxylic acids is 1. The van der Waals surface area contributed by atoms with Crippen LogP contribution in [0, 0.1) is 0 Å². The van der Waals surface area contributed by atoms with Gasteiger partial charge in [0, 0.05) is 5.69 Å². The number of aromatic nitrogens is 1. The molecule has 3 aromatic carbocycles. The minimum Gasteiger partial charge on any atom is -0.350 e. The molecule has 32 heavy (non-hydrogen) atoms. The van der Waals surface area contributed by atoms with Crippen molar-refractivity contribution in [1.29, 1.82) is 0 Å². The zero-order chi connectivity index (χ0) is 22.7. The summed E-state index contributed by atoms with van der Waals surface area (Å²) >= 11 is 0. The van der Waals surface area contributed by atoms with Gasteiger partial charge >= 0.3 is 6.18 Å². The number of aromatic amines is 1. The number of anilines is 1. The molecule has 0 fully saturated rings. The summed E-state index contributed by atoms with van der Waals surface area (Å²) in [7, 11) is 0. The molecule has 160 valence electrons. The minimum absolute atomic E-state index is 0.00890. The van der Waals surface area contributed by atoms with E-state index in [2.05, 4.69) is 10.3 Å². The molecule has 0 atom stereocenters. The van der Waals surface area contributed by atoms with Gasteiger partial charge in [0.1, 0.15) is 11.3 Å². The molecule has 7 heteroatoms. The van der Waals surface area contributed by atoms with Gasteiger partial charge in [0.05, 0.1) is 11.3 Å². The molecule has 0 spiro atoms. The smallest absolute Gasteiger partial charge is 0.350 e. The van der Waals surface area contributed by atoms with Gasteiger partial charge in [-0.1, -0.05) is 78.9 Å². The molecule has 0 radical (unpaired) electrons. The average molecular weight is 434 g/mol. The molecule has 0 unspecified atom stereocenters. The largest absolute Gasteiger partial charge is 0.432 e. The quantitative estimate of drug-likeness (QED) is 0.415. The maximum atomic E-state index is 14.0. The Balaban J connectivity index is 2.01. The van der Waals surface area contributed by atoms with Crippen molar-refractivity contribution < 1.29 is 18.0 Å². The zero-order valence-electron chi connectivity index (χ0n) is 16.6.